The maximum absolute atomic E-state index is 12.8. The smallest absolute Gasteiger partial charge is 0.297 e. The van der Waals surface area contributed by atoms with Crippen molar-refractivity contribution < 1.29 is 17.3 Å². The lowest BCUT2D eigenvalue weighted by atomic mass is 9.91. The minimum absolute atomic E-state index is 0.0248. The summed E-state index contributed by atoms with van der Waals surface area (Å²) in [6.07, 6.45) is 0.789. The van der Waals surface area contributed by atoms with Crippen LogP contribution in [0.15, 0.2) is 77.7 Å². The van der Waals surface area contributed by atoms with Gasteiger partial charge in [0.25, 0.3) is 10.1 Å². The first-order chi connectivity index (χ1) is 15.0. The zero-order chi connectivity index (χ0) is 21.8. The number of aryl methyl sites for hydroxylation is 1. The van der Waals surface area contributed by atoms with Crippen molar-refractivity contribution in [3.8, 4) is 0 Å². The Labute approximate surface area is 183 Å². The zero-order valence-electron chi connectivity index (χ0n) is 17.8. The number of hydrogen-bond acceptors (Lipinski definition) is 4. The molecule has 0 aliphatic rings. The molecule has 4 nitrogen and oxygen atoms in total. The average molecular weight is 435 g/mol. The van der Waals surface area contributed by atoms with Crippen LogP contribution in [0.3, 0.4) is 0 Å². The zero-order valence-corrected chi connectivity index (χ0v) is 18.6. The van der Waals surface area contributed by atoms with E-state index in [1.807, 2.05) is 50.2 Å². The maximum Gasteiger partial charge on any atom is 0.297 e. The standard InChI is InChI=1S/C26H26O4S/c1-3-29-17-16-25-21-8-4-6-10-23(21)26(24-11-7-5-9-22(24)25)18-30-31(27,28)20-14-12-19(2)13-15-20/h4-15H,3,16-18H2,1-2H3. The molecule has 4 aromatic carbocycles. The van der Waals surface area contributed by atoms with Gasteiger partial charge in [-0.3, -0.25) is 4.18 Å². The van der Waals surface area contributed by atoms with Gasteiger partial charge in [0, 0.05) is 6.61 Å². The summed E-state index contributed by atoms with van der Waals surface area (Å²) in [5.41, 5.74) is 3.09. The molecule has 0 fully saturated rings. The van der Waals surface area contributed by atoms with Crippen LogP contribution >= 0.6 is 0 Å². The highest BCUT2D eigenvalue weighted by atomic mass is 32.2. The number of rotatable bonds is 8. The van der Waals surface area contributed by atoms with E-state index in [4.69, 9.17) is 8.92 Å². The van der Waals surface area contributed by atoms with Gasteiger partial charge in [-0.2, -0.15) is 8.42 Å². The molecule has 0 bridgehead atoms. The van der Waals surface area contributed by atoms with Crippen LogP contribution in [-0.2, 0) is 32.1 Å². The molecule has 0 radical (unpaired) electrons. The number of hydrogen-bond donors (Lipinski definition) is 0. The minimum Gasteiger partial charge on any atom is -0.381 e. The Bertz CT molecular complexity index is 1250. The van der Waals surface area contributed by atoms with E-state index in [1.54, 1.807) is 24.3 Å². The fraction of sp³-hybridized carbons (Fsp3) is 0.231. The van der Waals surface area contributed by atoms with Gasteiger partial charge in [-0.15, -0.1) is 0 Å². The van der Waals surface area contributed by atoms with Crippen LogP contribution in [-0.4, -0.2) is 21.6 Å². The third-order valence-corrected chi connectivity index (χ3v) is 6.80. The Morgan fingerprint density at radius 2 is 1.26 bits per heavy atom. The van der Waals surface area contributed by atoms with E-state index in [9.17, 15) is 8.42 Å². The molecule has 0 atom stereocenters. The van der Waals surface area contributed by atoms with Gasteiger partial charge in [-0.05, 0) is 65.1 Å². The van der Waals surface area contributed by atoms with Crippen LogP contribution in [0.25, 0.3) is 21.5 Å². The summed E-state index contributed by atoms with van der Waals surface area (Å²) in [6.45, 7) is 5.21. The van der Waals surface area contributed by atoms with Crippen molar-refractivity contribution in [2.45, 2.75) is 31.8 Å². The predicted molar refractivity (Wildman–Crippen MR) is 125 cm³/mol. The van der Waals surface area contributed by atoms with E-state index in [0.717, 1.165) is 39.1 Å². The van der Waals surface area contributed by atoms with Crippen molar-refractivity contribution in [2.24, 2.45) is 0 Å². The highest BCUT2D eigenvalue weighted by Crippen LogP contribution is 2.34. The van der Waals surface area contributed by atoms with Crippen LogP contribution < -0.4 is 0 Å². The molecule has 0 saturated heterocycles. The van der Waals surface area contributed by atoms with Gasteiger partial charge in [-0.25, -0.2) is 0 Å². The molecule has 0 unspecified atom stereocenters. The fourth-order valence-corrected chi connectivity index (χ4v) is 4.84. The van der Waals surface area contributed by atoms with Crippen molar-refractivity contribution in [3.05, 3.63) is 89.5 Å². The van der Waals surface area contributed by atoms with Gasteiger partial charge in [0.05, 0.1) is 18.1 Å². The van der Waals surface area contributed by atoms with Gasteiger partial charge in [0.2, 0.25) is 0 Å². The van der Waals surface area contributed by atoms with Gasteiger partial charge in [-0.1, -0.05) is 66.2 Å². The normalized spacial score (nSPS) is 11.9. The molecule has 0 amide bonds. The van der Waals surface area contributed by atoms with Crippen LogP contribution in [0, 0.1) is 6.92 Å². The molecule has 0 spiro atoms. The van der Waals surface area contributed by atoms with E-state index < -0.39 is 10.1 Å². The van der Waals surface area contributed by atoms with Gasteiger partial charge in [0.1, 0.15) is 0 Å². The summed E-state index contributed by atoms with van der Waals surface area (Å²) in [5, 5.41) is 4.22. The second kappa shape index (κ2) is 9.18. The van der Waals surface area contributed by atoms with Gasteiger partial charge < -0.3 is 4.74 Å². The summed E-state index contributed by atoms with van der Waals surface area (Å²) >= 11 is 0. The highest BCUT2D eigenvalue weighted by Gasteiger charge is 2.19. The van der Waals surface area contributed by atoms with Crippen molar-refractivity contribution >= 4 is 31.7 Å². The molecule has 160 valence electrons. The monoisotopic (exact) mass is 434 g/mol. The summed E-state index contributed by atoms with van der Waals surface area (Å²) in [4.78, 5) is 0.167. The van der Waals surface area contributed by atoms with Crippen molar-refractivity contribution in [1.82, 2.24) is 0 Å². The van der Waals surface area contributed by atoms with Crippen molar-refractivity contribution in [2.75, 3.05) is 13.2 Å². The van der Waals surface area contributed by atoms with E-state index in [1.165, 1.54) is 5.56 Å². The third-order valence-electron chi connectivity index (χ3n) is 5.52. The summed E-state index contributed by atoms with van der Waals surface area (Å²) in [7, 11) is -3.86. The summed E-state index contributed by atoms with van der Waals surface area (Å²) < 4.78 is 36.7. The van der Waals surface area contributed by atoms with E-state index in [-0.39, 0.29) is 11.5 Å². The molecular formula is C26H26O4S. The fourth-order valence-electron chi connectivity index (χ4n) is 3.96. The molecule has 5 heteroatoms. The lowest BCUT2D eigenvalue weighted by molar-refractivity contribution is 0.151. The van der Waals surface area contributed by atoms with E-state index in [2.05, 4.69) is 12.1 Å². The Hall–Kier alpha value is -2.73. The topological polar surface area (TPSA) is 52.6 Å². The molecule has 0 aromatic heterocycles. The minimum atomic E-state index is -3.86. The lowest BCUT2D eigenvalue weighted by Gasteiger charge is -2.17. The lowest BCUT2D eigenvalue weighted by Crippen LogP contribution is -2.08. The molecule has 0 saturated carbocycles. The number of fused-ring (bicyclic) bond motifs is 2. The maximum atomic E-state index is 12.8. The first kappa shape index (κ1) is 21.5. The Morgan fingerprint density at radius 3 is 1.77 bits per heavy atom. The average Bonchev–Trinajstić information content (AvgIpc) is 2.78. The van der Waals surface area contributed by atoms with Gasteiger partial charge in [0.15, 0.2) is 0 Å². The molecule has 0 N–H and O–H groups in total. The third kappa shape index (κ3) is 4.49. The number of benzene rings is 4. The molecular weight excluding hydrogens is 408 g/mol. The molecule has 31 heavy (non-hydrogen) atoms. The summed E-state index contributed by atoms with van der Waals surface area (Å²) in [6, 6.07) is 22.9. The predicted octanol–water partition coefficient (Wildman–Crippen LogP) is 5.79. The van der Waals surface area contributed by atoms with Crippen LogP contribution in [0.1, 0.15) is 23.6 Å². The first-order valence-corrected chi connectivity index (χ1v) is 11.9. The molecule has 0 heterocycles. The second-order valence-electron chi connectivity index (χ2n) is 7.52. The van der Waals surface area contributed by atoms with Crippen LogP contribution in [0.5, 0.6) is 0 Å². The molecule has 0 aliphatic heterocycles. The Kier molecular flexibility index (Phi) is 6.37. The summed E-state index contributed by atoms with van der Waals surface area (Å²) in [5.74, 6) is 0. The Morgan fingerprint density at radius 1 is 0.742 bits per heavy atom. The Balaban J connectivity index is 1.78. The van der Waals surface area contributed by atoms with Crippen molar-refractivity contribution in [1.29, 1.82) is 0 Å². The second-order valence-corrected chi connectivity index (χ2v) is 9.14. The van der Waals surface area contributed by atoms with Crippen molar-refractivity contribution in [3.63, 3.8) is 0 Å². The highest BCUT2D eigenvalue weighted by molar-refractivity contribution is 7.86. The quantitative estimate of drug-likeness (QED) is 0.200. The SMILES string of the molecule is CCOCCc1c2ccccc2c(COS(=O)(=O)c2ccc(C)cc2)c2ccccc12. The van der Waals surface area contributed by atoms with Crippen LogP contribution in [0.2, 0.25) is 0 Å². The van der Waals surface area contributed by atoms with Crippen LogP contribution in [0.4, 0.5) is 0 Å². The molecule has 4 rings (SSSR count). The van der Waals surface area contributed by atoms with Gasteiger partial charge >= 0.3 is 0 Å². The first-order valence-electron chi connectivity index (χ1n) is 10.5. The molecule has 4 aromatic rings. The number of ether oxygens (including phenoxy) is 1. The van der Waals surface area contributed by atoms with E-state index >= 15 is 0 Å². The largest absolute Gasteiger partial charge is 0.381 e. The van der Waals surface area contributed by atoms with E-state index in [0.29, 0.717) is 13.2 Å². The molecule has 0 aliphatic carbocycles.